The molecule has 0 aromatic carbocycles. The molecule has 6 nitrogen and oxygen atoms in total. The maximum atomic E-state index is 11.7. The summed E-state index contributed by atoms with van der Waals surface area (Å²) in [6.45, 7) is 0.239. The third-order valence-corrected chi connectivity index (χ3v) is 2.48. The number of imidazole rings is 1. The predicted octanol–water partition coefficient (Wildman–Crippen LogP) is -0.671. The highest BCUT2D eigenvalue weighted by Gasteiger charge is 2.05. The lowest BCUT2D eigenvalue weighted by atomic mass is 10.4. The summed E-state index contributed by atoms with van der Waals surface area (Å²) in [5, 5.41) is 0. The van der Waals surface area contributed by atoms with Gasteiger partial charge in [0.1, 0.15) is 0 Å². The molecule has 2 rings (SSSR count). The maximum Gasteiger partial charge on any atom is 0.331 e. The minimum Gasteiger partial charge on any atom is -0.336 e. The van der Waals surface area contributed by atoms with E-state index in [0.717, 1.165) is 5.69 Å². The van der Waals surface area contributed by atoms with E-state index in [4.69, 9.17) is 0 Å². The van der Waals surface area contributed by atoms with Gasteiger partial charge in [0.05, 0.1) is 18.6 Å². The first-order chi connectivity index (χ1) is 7.59. The van der Waals surface area contributed by atoms with Crippen LogP contribution in [-0.4, -0.2) is 18.7 Å². The summed E-state index contributed by atoms with van der Waals surface area (Å²) in [6.07, 6.45) is 4.73. The van der Waals surface area contributed by atoms with Crippen molar-refractivity contribution in [1.29, 1.82) is 0 Å². The van der Waals surface area contributed by atoms with Gasteiger partial charge in [-0.05, 0) is 0 Å². The third kappa shape index (κ3) is 1.69. The average Bonchev–Trinajstić information content (AvgIpc) is 2.65. The molecule has 0 unspecified atom stereocenters. The van der Waals surface area contributed by atoms with Gasteiger partial charge in [0, 0.05) is 32.6 Å². The van der Waals surface area contributed by atoms with Crippen molar-refractivity contribution in [2.24, 2.45) is 14.1 Å². The molecule has 16 heavy (non-hydrogen) atoms. The fourth-order valence-corrected chi connectivity index (χ4v) is 1.46. The molecule has 0 N–H and O–H groups in total. The fraction of sp³-hybridized carbons (Fsp3) is 0.300. The smallest absolute Gasteiger partial charge is 0.331 e. The van der Waals surface area contributed by atoms with Crippen molar-refractivity contribution >= 4 is 0 Å². The van der Waals surface area contributed by atoms with Crippen molar-refractivity contribution in [3.05, 3.63) is 51.3 Å². The largest absolute Gasteiger partial charge is 0.336 e. The van der Waals surface area contributed by atoms with Gasteiger partial charge in [0.25, 0.3) is 5.56 Å². The first-order valence-electron chi connectivity index (χ1n) is 4.81. The molecule has 0 fully saturated rings. The van der Waals surface area contributed by atoms with Gasteiger partial charge in [-0.3, -0.25) is 9.36 Å². The van der Waals surface area contributed by atoms with E-state index in [1.165, 1.54) is 21.4 Å². The Balaban J connectivity index is 2.51. The molecule has 84 valence electrons. The minimum atomic E-state index is -0.325. The second-order valence-electron chi connectivity index (χ2n) is 3.63. The van der Waals surface area contributed by atoms with Crippen molar-refractivity contribution in [3.63, 3.8) is 0 Å². The molecule has 0 saturated carbocycles. The summed E-state index contributed by atoms with van der Waals surface area (Å²) in [7, 11) is 3.43. The van der Waals surface area contributed by atoms with Crippen LogP contribution in [0.25, 0.3) is 0 Å². The van der Waals surface area contributed by atoms with Crippen LogP contribution >= 0.6 is 0 Å². The average molecular weight is 220 g/mol. The molecule has 0 bridgehead atoms. The number of hydrogen-bond acceptors (Lipinski definition) is 3. The molecule has 2 aromatic heterocycles. The Labute approximate surface area is 91.4 Å². The fourth-order valence-electron chi connectivity index (χ4n) is 1.46. The van der Waals surface area contributed by atoms with Crippen LogP contribution < -0.4 is 11.2 Å². The number of rotatable bonds is 2. The molecule has 0 amide bonds. The Morgan fingerprint density at radius 1 is 1.25 bits per heavy atom. The summed E-state index contributed by atoms with van der Waals surface area (Å²) in [5.74, 6) is 0. The van der Waals surface area contributed by atoms with Crippen LogP contribution in [0.15, 0.2) is 34.4 Å². The highest BCUT2D eigenvalue weighted by molar-refractivity contribution is 4.99. The Bertz CT molecular complexity index is 620. The van der Waals surface area contributed by atoms with Crippen LogP contribution in [0.5, 0.6) is 0 Å². The summed E-state index contributed by atoms with van der Waals surface area (Å²) >= 11 is 0. The van der Waals surface area contributed by atoms with E-state index in [1.807, 2.05) is 7.05 Å². The van der Waals surface area contributed by atoms with Gasteiger partial charge in [-0.1, -0.05) is 0 Å². The number of nitrogens with zero attached hydrogens (tertiary/aromatic N) is 4. The highest BCUT2D eigenvalue weighted by Crippen LogP contribution is 1.96. The van der Waals surface area contributed by atoms with Gasteiger partial charge in [-0.15, -0.1) is 0 Å². The molecule has 0 aliphatic rings. The SMILES string of the molecule is Cn1cncc1Cn1c(=O)ccn(C)c1=O. The van der Waals surface area contributed by atoms with Gasteiger partial charge in [0.2, 0.25) is 0 Å². The van der Waals surface area contributed by atoms with E-state index < -0.39 is 0 Å². The monoisotopic (exact) mass is 220 g/mol. The zero-order chi connectivity index (χ0) is 11.7. The van der Waals surface area contributed by atoms with Crippen molar-refractivity contribution < 1.29 is 0 Å². The first kappa shape index (κ1) is 10.4. The molecule has 0 saturated heterocycles. The van der Waals surface area contributed by atoms with E-state index in [1.54, 1.807) is 24.1 Å². The van der Waals surface area contributed by atoms with Crippen LogP contribution in [0, 0.1) is 0 Å². The van der Waals surface area contributed by atoms with E-state index >= 15 is 0 Å². The van der Waals surface area contributed by atoms with Gasteiger partial charge < -0.3 is 9.13 Å². The summed E-state index contributed by atoms with van der Waals surface area (Å²) in [6, 6.07) is 1.37. The van der Waals surface area contributed by atoms with Crippen LogP contribution in [0.2, 0.25) is 0 Å². The molecular weight excluding hydrogens is 208 g/mol. The number of aromatic nitrogens is 4. The Morgan fingerprint density at radius 3 is 2.62 bits per heavy atom. The predicted molar refractivity (Wildman–Crippen MR) is 58.3 cm³/mol. The van der Waals surface area contributed by atoms with Gasteiger partial charge in [0.15, 0.2) is 0 Å². The number of aryl methyl sites for hydroxylation is 2. The minimum absolute atomic E-state index is 0.239. The molecule has 6 heteroatoms. The summed E-state index contributed by atoms with van der Waals surface area (Å²) in [4.78, 5) is 27.2. The summed E-state index contributed by atoms with van der Waals surface area (Å²) in [5.41, 5.74) is 0.184. The lowest BCUT2D eigenvalue weighted by molar-refractivity contribution is 0.617. The topological polar surface area (TPSA) is 61.8 Å². The zero-order valence-electron chi connectivity index (χ0n) is 9.12. The van der Waals surface area contributed by atoms with Crippen LogP contribution in [0.3, 0.4) is 0 Å². The molecule has 2 heterocycles. The van der Waals surface area contributed by atoms with Crippen LogP contribution in [-0.2, 0) is 20.6 Å². The quantitative estimate of drug-likeness (QED) is 0.674. The molecule has 2 aromatic rings. The van der Waals surface area contributed by atoms with E-state index in [-0.39, 0.29) is 17.8 Å². The zero-order valence-corrected chi connectivity index (χ0v) is 9.12. The van der Waals surface area contributed by atoms with Gasteiger partial charge in [-0.2, -0.15) is 0 Å². The number of hydrogen-bond donors (Lipinski definition) is 0. The Morgan fingerprint density at radius 2 is 2.00 bits per heavy atom. The molecule has 0 atom stereocenters. The van der Waals surface area contributed by atoms with Crippen molar-refractivity contribution in [2.75, 3.05) is 0 Å². The molecular formula is C10H12N4O2. The molecule has 0 radical (unpaired) electrons. The molecule has 0 aliphatic heterocycles. The lowest BCUT2D eigenvalue weighted by Gasteiger charge is -2.06. The Kier molecular flexibility index (Phi) is 2.47. The standard InChI is InChI=1S/C10H12N4O2/c1-12-4-3-9(15)14(10(12)16)6-8-5-11-7-13(8)2/h3-5,7H,6H2,1-2H3. The van der Waals surface area contributed by atoms with Crippen LogP contribution in [0.4, 0.5) is 0 Å². The van der Waals surface area contributed by atoms with E-state index in [9.17, 15) is 9.59 Å². The van der Waals surface area contributed by atoms with Gasteiger partial charge >= 0.3 is 5.69 Å². The Hall–Kier alpha value is -2.11. The maximum absolute atomic E-state index is 11.7. The second-order valence-corrected chi connectivity index (χ2v) is 3.63. The highest BCUT2D eigenvalue weighted by atomic mass is 16.2. The first-order valence-corrected chi connectivity index (χ1v) is 4.81. The third-order valence-electron chi connectivity index (χ3n) is 2.48. The van der Waals surface area contributed by atoms with E-state index in [2.05, 4.69) is 4.98 Å². The second kappa shape index (κ2) is 3.80. The lowest BCUT2D eigenvalue weighted by Crippen LogP contribution is -2.38. The van der Waals surface area contributed by atoms with Crippen molar-refractivity contribution in [2.45, 2.75) is 6.54 Å². The summed E-state index contributed by atoms with van der Waals surface area (Å²) < 4.78 is 4.33. The van der Waals surface area contributed by atoms with Crippen molar-refractivity contribution in [3.8, 4) is 0 Å². The van der Waals surface area contributed by atoms with Gasteiger partial charge in [-0.25, -0.2) is 9.78 Å². The van der Waals surface area contributed by atoms with Crippen molar-refractivity contribution in [1.82, 2.24) is 18.7 Å². The normalized spacial score (nSPS) is 10.6. The van der Waals surface area contributed by atoms with Crippen LogP contribution in [0.1, 0.15) is 5.69 Å². The molecule has 0 spiro atoms. The van der Waals surface area contributed by atoms with E-state index in [0.29, 0.717) is 0 Å². The molecule has 0 aliphatic carbocycles.